The van der Waals surface area contributed by atoms with Crippen molar-refractivity contribution >= 4 is 5.97 Å². The molecular weight excluding hydrogens is 211 g/mol. The molecule has 0 aliphatic heterocycles. The molecule has 0 aliphatic rings. The standard InChI is InChI=1S/C9H16F3NO2/c1-13(7-4-8(14)15-2)6-3-5-9(10,11)12/h3-7H2,1-2H3. The van der Waals surface area contributed by atoms with Crippen LogP contribution in [0.25, 0.3) is 0 Å². The molecule has 0 aromatic rings. The molecule has 0 fully saturated rings. The third-order valence-electron chi connectivity index (χ3n) is 1.93. The van der Waals surface area contributed by atoms with Crippen LogP contribution in [0.2, 0.25) is 0 Å². The summed E-state index contributed by atoms with van der Waals surface area (Å²) in [5, 5.41) is 0. The number of halogens is 3. The maximum Gasteiger partial charge on any atom is 0.389 e. The number of ether oxygens (including phenoxy) is 1. The lowest BCUT2D eigenvalue weighted by Gasteiger charge is -2.16. The van der Waals surface area contributed by atoms with Gasteiger partial charge in [-0.3, -0.25) is 4.79 Å². The molecule has 0 radical (unpaired) electrons. The van der Waals surface area contributed by atoms with Crippen LogP contribution in [0.15, 0.2) is 0 Å². The van der Waals surface area contributed by atoms with E-state index in [9.17, 15) is 18.0 Å². The van der Waals surface area contributed by atoms with E-state index in [4.69, 9.17) is 0 Å². The van der Waals surface area contributed by atoms with Crippen molar-refractivity contribution in [3.63, 3.8) is 0 Å². The zero-order chi connectivity index (χ0) is 11.9. The lowest BCUT2D eigenvalue weighted by molar-refractivity contribution is -0.141. The van der Waals surface area contributed by atoms with Crippen molar-refractivity contribution in [2.24, 2.45) is 0 Å². The van der Waals surface area contributed by atoms with Gasteiger partial charge in [0.1, 0.15) is 0 Å². The molecule has 0 bridgehead atoms. The van der Waals surface area contributed by atoms with E-state index in [2.05, 4.69) is 4.74 Å². The molecule has 0 saturated heterocycles. The second-order valence-corrected chi connectivity index (χ2v) is 3.35. The van der Waals surface area contributed by atoms with Crippen LogP contribution in [-0.4, -0.2) is 44.3 Å². The van der Waals surface area contributed by atoms with Gasteiger partial charge in [0.15, 0.2) is 0 Å². The zero-order valence-corrected chi connectivity index (χ0v) is 8.93. The van der Waals surface area contributed by atoms with E-state index in [-0.39, 0.29) is 18.8 Å². The van der Waals surface area contributed by atoms with Crippen molar-refractivity contribution in [1.82, 2.24) is 4.90 Å². The predicted octanol–water partition coefficient (Wildman–Crippen LogP) is 1.82. The van der Waals surface area contributed by atoms with Crippen molar-refractivity contribution < 1.29 is 22.7 Å². The third kappa shape index (κ3) is 9.52. The fraction of sp³-hybridized carbons (Fsp3) is 0.889. The van der Waals surface area contributed by atoms with Crippen molar-refractivity contribution in [2.45, 2.75) is 25.4 Å². The Morgan fingerprint density at radius 1 is 1.33 bits per heavy atom. The number of carbonyl (C=O) groups excluding carboxylic acids is 1. The molecule has 15 heavy (non-hydrogen) atoms. The van der Waals surface area contributed by atoms with Crippen molar-refractivity contribution in [3.05, 3.63) is 0 Å². The Hall–Kier alpha value is -0.780. The smallest absolute Gasteiger partial charge is 0.389 e. The number of hydrogen-bond acceptors (Lipinski definition) is 3. The Kier molecular flexibility index (Phi) is 6.31. The summed E-state index contributed by atoms with van der Waals surface area (Å²) in [6, 6.07) is 0. The molecule has 0 spiro atoms. The van der Waals surface area contributed by atoms with Gasteiger partial charge in [-0.1, -0.05) is 0 Å². The van der Waals surface area contributed by atoms with Crippen LogP contribution in [0.1, 0.15) is 19.3 Å². The van der Waals surface area contributed by atoms with E-state index in [0.29, 0.717) is 13.1 Å². The number of methoxy groups -OCH3 is 1. The second kappa shape index (κ2) is 6.66. The lowest BCUT2D eigenvalue weighted by Crippen LogP contribution is -2.24. The Morgan fingerprint density at radius 2 is 1.93 bits per heavy atom. The van der Waals surface area contributed by atoms with Gasteiger partial charge in [0.2, 0.25) is 0 Å². The summed E-state index contributed by atoms with van der Waals surface area (Å²) in [4.78, 5) is 12.4. The van der Waals surface area contributed by atoms with E-state index >= 15 is 0 Å². The molecule has 0 unspecified atom stereocenters. The summed E-state index contributed by atoms with van der Waals surface area (Å²) in [5.74, 6) is -0.349. The monoisotopic (exact) mass is 227 g/mol. The Bertz CT molecular complexity index is 194. The average Bonchev–Trinajstić information content (AvgIpc) is 2.12. The van der Waals surface area contributed by atoms with Gasteiger partial charge in [-0.05, 0) is 20.0 Å². The minimum absolute atomic E-state index is 0.0567. The van der Waals surface area contributed by atoms with Crippen LogP contribution >= 0.6 is 0 Å². The Labute approximate surface area is 87.2 Å². The van der Waals surface area contributed by atoms with Crippen LogP contribution in [0, 0.1) is 0 Å². The molecule has 0 aromatic carbocycles. The van der Waals surface area contributed by atoms with E-state index in [0.717, 1.165) is 0 Å². The van der Waals surface area contributed by atoms with E-state index < -0.39 is 12.6 Å². The van der Waals surface area contributed by atoms with Gasteiger partial charge in [0.05, 0.1) is 13.5 Å². The molecule has 0 atom stereocenters. The normalized spacial score (nSPS) is 11.9. The first-order valence-corrected chi connectivity index (χ1v) is 4.67. The zero-order valence-electron chi connectivity index (χ0n) is 8.93. The second-order valence-electron chi connectivity index (χ2n) is 3.35. The van der Waals surface area contributed by atoms with Gasteiger partial charge in [-0.15, -0.1) is 0 Å². The number of carbonyl (C=O) groups is 1. The topological polar surface area (TPSA) is 29.5 Å². The molecule has 0 aromatic heterocycles. The largest absolute Gasteiger partial charge is 0.469 e. The number of rotatable bonds is 6. The van der Waals surface area contributed by atoms with Gasteiger partial charge in [0, 0.05) is 13.0 Å². The van der Waals surface area contributed by atoms with Crippen LogP contribution in [0.4, 0.5) is 13.2 Å². The van der Waals surface area contributed by atoms with Gasteiger partial charge >= 0.3 is 12.1 Å². The van der Waals surface area contributed by atoms with Crippen molar-refractivity contribution in [2.75, 3.05) is 27.2 Å². The number of alkyl halides is 3. The highest BCUT2D eigenvalue weighted by Gasteiger charge is 2.26. The van der Waals surface area contributed by atoms with Crippen LogP contribution in [0.5, 0.6) is 0 Å². The molecule has 0 aliphatic carbocycles. The van der Waals surface area contributed by atoms with Crippen LogP contribution in [0.3, 0.4) is 0 Å². The van der Waals surface area contributed by atoms with Crippen molar-refractivity contribution in [3.8, 4) is 0 Å². The fourth-order valence-corrected chi connectivity index (χ4v) is 1.05. The predicted molar refractivity (Wildman–Crippen MR) is 49.4 cm³/mol. The molecule has 90 valence electrons. The summed E-state index contributed by atoms with van der Waals surface area (Å²) in [7, 11) is 2.96. The molecule has 0 heterocycles. The van der Waals surface area contributed by atoms with E-state index in [1.807, 2.05) is 0 Å². The molecule has 6 heteroatoms. The highest BCUT2D eigenvalue weighted by atomic mass is 19.4. The van der Waals surface area contributed by atoms with Gasteiger partial charge in [-0.2, -0.15) is 13.2 Å². The van der Waals surface area contributed by atoms with Crippen LogP contribution < -0.4 is 0 Å². The summed E-state index contributed by atoms with van der Waals surface area (Å²) in [6.45, 7) is 0.751. The first-order chi connectivity index (χ1) is 6.85. The first kappa shape index (κ1) is 14.2. The number of hydrogen-bond donors (Lipinski definition) is 0. The quantitative estimate of drug-likeness (QED) is 0.648. The van der Waals surface area contributed by atoms with Gasteiger partial charge in [-0.25, -0.2) is 0 Å². The summed E-state index contributed by atoms with van der Waals surface area (Å²) in [5.41, 5.74) is 0. The molecule has 0 saturated carbocycles. The van der Waals surface area contributed by atoms with Gasteiger partial charge in [0.25, 0.3) is 0 Å². The van der Waals surface area contributed by atoms with Crippen molar-refractivity contribution in [1.29, 1.82) is 0 Å². The van der Waals surface area contributed by atoms with Gasteiger partial charge < -0.3 is 9.64 Å². The molecule has 0 rings (SSSR count). The molecular formula is C9H16F3NO2. The fourth-order valence-electron chi connectivity index (χ4n) is 1.05. The summed E-state index contributed by atoms with van der Waals surface area (Å²) < 4.78 is 39.8. The summed E-state index contributed by atoms with van der Waals surface area (Å²) in [6.07, 6.45) is -4.61. The molecule has 0 amide bonds. The third-order valence-corrected chi connectivity index (χ3v) is 1.93. The van der Waals surface area contributed by atoms with E-state index in [1.54, 1.807) is 11.9 Å². The van der Waals surface area contributed by atoms with E-state index in [1.165, 1.54) is 7.11 Å². The lowest BCUT2D eigenvalue weighted by atomic mass is 10.3. The highest BCUT2D eigenvalue weighted by molar-refractivity contribution is 5.69. The SMILES string of the molecule is COC(=O)CCN(C)CCCC(F)(F)F. The Morgan fingerprint density at radius 3 is 2.40 bits per heavy atom. The first-order valence-electron chi connectivity index (χ1n) is 4.67. The minimum Gasteiger partial charge on any atom is -0.469 e. The molecule has 3 nitrogen and oxygen atoms in total. The maximum atomic E-state index is 11.8. The molecule has 0 N–H and O–H groups in total. The summed E-state index contributed by atoms with van der Waals surface area (Å²) >= 11 is 0. The highest BCUT2D eigenvalue weighted by Crippen LogP contribution is 2.21. The Balaban J connectivity index is 3.49. The maximum absolute atomic E-state index is 11.8. The number of nitrogens with zero attached hydrogens (tertiary/aromatic N) is 1. The van der Waals surface area contributed by atoms with Crippen LogP contribution in [-0.2, 0) is 9.53 Å². The number of esters is 1. The average molecular weight is 227 g/mol. The minimum atomic E-state index is -4.09.